The number of hydrogen-bond acceptors (Lipinski definition) is 2. The zero-order chi connectivity index (χ0) is 9.14. The minimum atomic E-state index is -0.341. The number of benzene rings is 1. The lowest BCUT2D eigenvalue weighted by molar-refractivity contribution is 0.101. The van der Waals surface area contributed by atoms with Crippen molar-refractivity contribution >= 4 is 43.3 Å². The van der Waals surface area contributed by atoms with Gasteiger partial charge in [-0.1, -0.05) is 44.0 Å². The van der Waals surface area contributed by atoms with Gasteiger partial charge < -0.3 is 5.73 Å². The molecule has 0 spiro atoms. The molecule has 0 aliphatic rings. The van der Waals surface area contributed by atoms with Crippen LogP contribution in [0.5, 0.6) is 0 Å². The van der Waals surface area contributed by atoms with E-state index < -0.39 is 0 Å². The summed E-state index contributed by atoms with van der Waals surface area (Å²) in [6, 6.07) is 6.88. The summed E-state index contributed by atoms with van der Waals surface area (Å²) in [7, 11) is 0. The summed E-state index contributed by atoms with van der Waals surface area (Å²) < 4.78 is -0.341. The highest BCUT2D eigenvalue weighted by molar-refractivity contribution is 9.25. The molecule has 0 radical (unpaired) electrons. The Kier molecular flexibility index (Phi) is 3.29. The molecule has 0 aliphatic carbocycles. The number of carbonyl (C=O) groups excluding carboxylic acids is 1. The molecule has 0 aromatic heterocycles. The zero-order valence-corrected chi connectivity index (χ0v) is 9.30. The third-order valence-electron chi connectivity index (χ3n) is 1.37. The molecule has 0 saturated heterocycles. The van der Waals surface area contributed by atoms with Gasteiger partial charge in [-0.05, 0) is 12.1 Å². The monoisotopic (exact) mass is 291 g/mol. The van der Waals surface area contributed by atoms with Crippen molar-refractivity contribution in [3.63, 3.8) is 0 Å². The van der Waals surface area contributed by atoms with E-state index in [4.69, 9.17) is 5.73 Å². The quantitative estimate of drug-likeness (QED) is 0.517. The minimum Gasteiger partial charge on any atom is -0.399 e. The second-order valence-electron chi connectivity index (χ2n) is 2.29. The number of rotatable bonds is 2. The first-order valence-electron chi connectivity index (χ1n) is 3.29. The molecule has 0 saturated carbocycles. The van der Waals surface area contributed by atoms with E-state index in [2.05, 4.69) is 31.9 Å². The number of hydrogen-bond donors (Lipinski definition) is 1. The maximum Gasteiger partial charge on any atom is 0.187 e. The van der Waals surface area contributed by atoms with Crippen LogP contribution in [0.4, 0.5) is 5.69 Å². The molecule has 0 fully saturated rings. The fourth-order valence-corrected chi connectivity index (χ4v) is 1.35. The molecular weight excluding hydrogens is 286 g/mol. The number of Topliss-reactive ketones (excluding diaryl/α,β-unsaturated/α-hetero) is 1. The number of nitrogens with two attached hydrogens (primary N) is 1. The highest BCUT2D eigenvalue weighted by Gasteiger charge is 2.12. The predicted molar refractivity (Wildman–Crippen MR) is 56.8 cm³/mol. The molecule has 0 unspecified atom stereocenters. The number of anilines is 1. The maximum absolute atomic E-state index is 11.3. The van der Waals surface area contributed by atoms with E-state index in [1.165, 1.54) is 0 Å². The number of alkyl halides is 2. The Morgan fingerprint density at radius 1 is 1.42 bits per heavy atom. The summed E-state index contributed by atoms with van der Waals surface area (Å²) in [6.45, 7) is 0. The van der Waals surface area contributed by atoms with Crippen LogP contribution in [0, 0.1) is 0 Å². The fraction of sp³-hybridized carbons (Fsp3) is 0.125. The Bertz CT molecular complexity index is 299. The first-order valence-corrected chi connectivity index (χ1v) is 5.12. The minimum absolute atomic E-state index is 0.0256. The molecule has 0 atom stereocenters. The van der Waals surface area contributed by atoms with Gasteiger partial charge in [0.2, 0.25) is 0 Å². The molecular formula is C8H7Br2NO. The average Bonchev–Trinajstić information content (AvgIpc) is 2.03. The summed E-state index contributed by atoms with van der Waals surface area (Å²) in [5.41, 5.74) is 6.72. The molecule has 12 heavy (non-hydrogen) atoms. The van der Waals surface area contributed by atoms with Gasteiger partial charge >= 0.3 is 0 Å². The van der Waals surface area contributed by atoms with E-state index in [9.17, 15) is 4.79 Å². The summed E-state index contributed by atoms with van der Waals surface area (Å²) in [6.07, 6.45) is 0. The second kappa shape index (κ2) is 4.05. The van der Waals surface area contributed by atoms with E-state index in [0.29, 0.717) is 11.3 Å². The molecule has 2 N–H and O–H groups in total. The van der Waals surface area contributed by atoms with Crippen LogP contribution in [0.15, 0.2) is 24.3 Å². The highest BCUT2D eigenvalue weighted by atomic mass is 79.9. The molecule has 2 nitrogen and oxygen atoms in total. The van der Waals surface area contributed by atoms with Crippen molar-refractivity contribution in [2.45, 2.75) is 3.74 Å². The van der Waals surface area contributed by atoms with Crippen LogP contribution in [0.3, 0.4) is 0 Å². The summed E-state index contributed by atoms with van der Waals surface area (Å²) >= 11 is 6.25. The Morgan fingerprint density at radius 3 is 2.58 bits per heavy atom. The van der Waals surface area contributed by atoms with E-state index in [-0.39, 0.29) is 9.52 Å². The number of nitrogen functional groups attached to an aromatic ring is 1. The molecule has 0 bridgehead atoms. The summed E-state index contributed by atoms with van der Waals surface area (Å²) in [4.78, 5) is 11.3. The van der Waals surface area contributed by atoms with Gasteiger partial charge in [-0.3, -0.25) is 4.79 Å². The van der Waals surface area contributed by atoms with Crippen LogP contribution >= 0.6 is 31.9 Å². The van der Waals surface area contributed by atoms with Gasteiger partial charge in [-0.2, -0.15) is 0 Å². The SMILES string of the molecule is Nc1cccc(C(=O)C(Br)Br)c1. The van der Waals surface area contributed by atoms with Crippen molar-refractivity contribution in [2.75, 3.05) is 5.73 Å². The van der Waals surface area contributed by atoms with Crippen LogP contribution in [0.2, 0.25) is 0 Å². The average molecular weight is 293 g/mol. The van der Waals surface area contributed by atoms with Crippen molar-refractivity contribution in [1.29, 1.82) is 0 Å². The van der Waals surface area contributed by atoms with Gasteiger partial charge in [0.15, 0.2) is 5.78 Å². The molecule has 1 aromatic carbocycles. The molecule has 64 valence electrons. The number of carbonyl (C=O) groups is 1. The van der Waals surface area contributed by atoms with Crippen LogP contribution in [-0.4, -0.2) is 9.52 Å². The van der Waals surface area contributed by atoms with Crippen molar-refractivity contribution in [3.05, 3.63) is 29.8 Å². The van der Waals surface area contributed by atoms with Crippen LogP contribution < -0.4 is 5.73 Å². The predicted octanol–water partition coefficient (Wildman–Crippen LogP) is 2.57. The Hall–Kier alpha value is -0.350. The van der Waals surface area contributed by atoms with Gasteiger partial charge in [-0.15, -0.1) is 0 Å². The molecule has 4 heteroatoms. The Morgan fingerprint density at radius 2 is 2.08 bits per heavy atom. The topological polar surface area (TPSA) is 43.1 Å². The van der Waals surface area contributed by atoms with E-state index in [0.717, 1.165) is 0 Å². The smallest absolute Gasteiger partial charge is 0.187 e. The van der Waals surface area contributed by atoms with Gasteiger partial charge in [0, 0.05) is 11.3 Å². The van der Waals surface area contributed by atoms with E-state index in [1.807, 2.05) is 0 Å². The third-order valence-corrected chi connectivity index (χ3v) is 2.20. The summed E-state index contributed by atoms with van der Waals surface area (Å²) in [5, 5.41) is 0. The van der Waals surface area contributed by atoms with Crippen molar-refractivity contribution in [3.8, 4) is 0 Å². The van der Waals surface area contributed by atoms with Crippen molar-refractivity contribution in [1.82, 2.24) is 0 Å². The summed E-state index contributed by atoms with van der Waals surface area (Å²) in [5.74, 6) is -0.0256. The maximum atomic E-state index is 11.3. The Labute approximate surface area is 87.4 Å². The third kappa shape index (κ3) is 2.32. The van der Waals surface area contributed by atoms with Crippen molar-refractivity contribution in [2.24, 2.45) is 0 Å². The van der Waals surface area contributed by atoms with Crippen LogP contribution in [-0.2, 0) is 0 Å². The van der Waals surface area contributed by atoms with Gasteiger partial charge in [0.25, 0.3) is 0 Å². The fourth-order valence-electron chi connectivity index (χ4n) is 0.818. The molecule has 1 rings (SSSR count). The van der Waals surface area contributed by atoms with Gasteiger partial charge in [0.05, 0.1) is 0 Å². The first-order chi connectivity index (χ1) is 5.61. The molecule has 1 aromatic rings. The molecule has 0 aliphatic heterocycles. The lowest BCUT2D eigenvalue weighted by atomic mass is 10.1. The lowest BCUT2D eigenvalue weighted by Gasteiger charge is -2.01. The largest absolute Gasteiger partial charge is 0.399 e. The Balaban J connectivity index is 2.96. The van der Waals surface area contributed by atoms with E-state index in [1.54, 1.807) is 24.3 Å². The van der Waals surface area contributed by atoms with Gasteiger partial charge in [0.1, 0.15) is 3.74 Å². The van der Waals surface area contributed by atoms with E-state index >= 15 is 0 Å². The lowest BCUT2D eigenvalue weighted by Crippen LogP contribution is -2.07. The van der Waals surface area contributed by atoms with Crippen molar-refractivity contribution < 1.29 is 4.79 Å². The molecule has 0 amide bonds. The first kappa shape index (κ1) is 9.74. The van der Waals surface area contributed by atoms with Crippen LogP contribution in [0.25, 0.3) is 0 Å². The molecule has 0 heterocycles. The number of halogens is 2. The van der Waals surface area contributed by atoms with Gasteiger partial charge in [-0.25, -0.2) is 0 Å². The zero-order valence-electron chi connectivity index (χ0n) is 6.13. The normalized spacial score (nSPS) is 10.2. The highest BCUT2D eigenvalue weighted by Crippen LogP contribution is 2.17. The van der Waals surface area contributed by atoms with Crippen LogP contribution in [0.1, 0.15) is 10.4 Å². The second-order valence-corrected chi connectivity index (χ2v) is 5.35. The standard InChI is InChI=1S/C8H7Br2NO/c9-8(10)7(12)5-2-1-3-6(11)4-5/h1-4,8H,11H2. The number of ketones is 1.